The molecule has 2 aromatic carbocycles. The quantitative estimate of drug-likeness (QED) is 0.832. The third-order valence-electron chi connectivity index (χ3n) is 5.11. The highest BCUT2D eigenvalue weighted by molar-refractivity contribution is 5.62. The summed E-state index contributed by atoms with van der Waals surface area (Å²) in [4.78, 5) is 0. The summed E-state index contributed by atoms with van der Waals surface area (Å²) in [6.07, 6.45) is 5.35. The van der Waals surface area contributed by atoms with Crippen molar-refractivity contribution >= 4 is 5.69 Å². The summed E-state index contributed by atoms with van der Waals surface area (Å²) >= 11 is 0. The Labute approximate surface area is 141 Å². The molecule has 0 fully saturated rings. The van der Waals surface area contributed by atoms with Crippen LogP contribution in [0.1, 0.15) is 29.5 Å². The highest BCUT2D eigenvalue weighted by atomic mass is 19.1. The molecule has 1 heterocycles. The summed E-state index contributed by atoms with van der Waals surface area (Å²) < 4.78 is 25.4. The summed E-state index contributed by atoms with van der Waals surface area (Å²) in [7, 11) is 3.27. The van der Waals surface area contributed by atoms with Crippen molar-refractivity contribution in [2.75, 3.05) is 19.5 Å². The van der Waals surface area contributed by atoms with Gasteiger partial charge in [0.1, 0.15) is 5.82 Å². The molecule has 1 aliphatic carbocycles. The molecule has 0 amide bonds. The van der Waals surface area contributed by atoms with Crippen LogP contribution < -0.4 is 14.8 Å². The van der Waals surface area contributed by atoms with Crippen molar-refractivity contribution in [3.8, 4) is 11.5 Å². The van der Waals surface area contributed by atoms with Crippen LogP contribution in [-0.2, 0) is 0 Å². The molecule has 0 unspecified atom stereocenters. The van der Waals surface area contributed by atoms with Gasteiger partial charge in [0.25, 0.3) is 0 Å². The Morgan fingerprint density at radius 3 is 2.62 bits per heavy atom. The van der Waals surface area contributed by atoms with Crippen molar-refractivity contribution in [1.29, 1.82) is 0 Å². The molecule has 0 bridgehead atoms. The average molecular weight is 325 g/mol. The number of methoxy groups -OCH3 is 2. The molecule has 0 saturated carbocycles. The molecule has 3 atom stereocenters. The second-order valence-electron chi connectivity index (χ2n) is 6.26. The monoisotopic (exact) mass is 325 g/mol. The maximum Gasteiger partial charge on any atom is 0.165 e. The third-order valence-corrected chi connectivity index (χ3v) is 5.11. The van der Waals surface area contributed by atoms with Gasteiger partial charge in [-0.05, 0) is 30.0 Å². The van der Waals surface area contributed by atoms with Crippen LogP contribution in [0.25, 0.3) is 0 Å². The number of hydrogen-bond donors (Lipinski definition) is 1. The molecule has 1 aliphatic heterocycles. The highest BCUT2D eigenvalue weighted by Crippen LogP contribution is 2.52. The molecule has 124 valence electrons. The number of hydrogen-bond acceptors (Lipinski definition) is 3. The predicted molar refractivity (Wildman–Crippen MR) is 92.3 cm³/mol. The van der Waals surface area contributed by atoms with Crippen LogP contribution in [0.5, 0.6) is 11.5 Å². The molecular weight excluding hydrogens is 305 g/mol. The number of anilines is 1. The number of ether oxygens (including phenoxy) is 2. The normalized spacial score (nSPS) is 24.0. The van der Waals surface area contributed by atoms with Crippen molar-refractivity contribution in [2.45, 2.75) is 18.4 Å². The fourth-order valence-corrected chi connectivity index (χ4v) is 4.05. The number of para-hydroxylation sites is 2. The minimum atomic E-state index is -0.210. The Bertz CT molecular complexity index is 802. The van der Waals surface area contributed by atoms with E-state index < -0.39 is 0 Å². The summed E-state index contributed by atoms with van der Waals surface area (Å²) in [5, 5.41) is 3.43. The second kappa shape index (κ2) is 5.86. The number of benzene rings is 2. The molecule has 4 rings (SSSR count). The summed E-state index contributed by atoms with van der Waals surface area (Å²) in [5.41, 5.74) is 2.64. The molecule has 0 spiro atoms. The van der Waals surface area contributed by atoms with Crippen LogP contribution in [0, 0.1) is 11.7 Å². The van der Waals surface area contributed by atoms with Crippen LogP contribution in [0.2, 0.25) is 0 Å². The smallest absolute Gasteiger partial charge is 0.165 e. The van der Waals surface area contributed by atoms with Crippen molar-refractivity contribution in [3.63, 3.8) is 0 Å². The van der Waals surface area contributed by atoms with Gasteiger partial charge in [0.05, 0.1) is 25.9 Å². The molecule has 1 N–H and O–H groups in total. The van der Waals surface area contributed by atoms with E-state index in [0.29, 0.717) is 23.1 Å². The largest absolute Gasteiger partial charge is 0.493 e. The maximum absolute atomic E-state index is 14.4. The number of allylic oxidation sites excluding steroid dienone is 2. The predicted octanol–water partition coefficient (Wildman–Crippen LogP) is 4.67. The van der Waals surface area contributed by atoms with Gasteiger partial charge < -0.3 is 14.8 Å². The molecule has 0 radical (unpaired) electrons. The van der Waals surface area contributed by atoms with Crippen molar-refractivity contribution in [1.82, 2.24) is 0 Å². The van der Waals surface area contributed by atoms with Crippen molar-refractivity contribution in [3.05, 3.63) is 65.5 Å². The van der Waals surface area contributed by atoms with Crippen molar-refractivity contribution in [2.24, 2.45) is 5.92 Å². The lowest BCUT2D eigenvalue weighted by molar-refractivity contribution is 0.340. The molecule has 2 aliphatic rings. The van der Waals surface area contributed by atoms with Gasteiger partial charge in [-0.1, -0.05) is 36.4 Å². The average Bonchev–Trinajstić information content (AvgIpc) is 3.10. The number of nitrogens with one attached hydrogen (secondary N) is 1. The van der Waals surface area contributed by atoms with E-state index in [9.17, 15) is 4.39 Å². The Kier molecular flexibility index (Phi) is 3.68. The van der Waals surface area contributed by atoms with Gasteiger partial charge in [-0.2, -0.15) is 0 Å². The van der Waals surface area contributed by atoms with E-state index in [0.717, 1.165) is 17.5 Å². The number of fused-ring (bicyclic) bond motifs is 3. The molecule has 24 heavy (non-hydrogen) atoms. The van der Waals surface area contributed by atoms with E-state index in [-0.39, 0.29) is 17.8 Å². The lowest BCUT2D eigenvalue weighted by Gasteiger charge is -2.38. The fraction of sp³-hybridized carbons (Fsp3) is 0.300. The van der Waals surface area contributed by atoms with Crippen LogP contribution in [0.3, 0.4) is 0 Å². The third kappa shape index (κ3) is 2.17. The first-order chi connectivity index (χ1) is 11.7. The van der Waals surface area contributed by atoms with Gasteiger partial charge in [-0.25, -0.2) is 4.39 Å². The molecular formula is C20H20FNO2. The van der Waals surface area contributed by atoms with E-state index in [1.807, 2.05) is 24.3 Å². The molecule has 0 aromatic heterocycles. The minimum absolute atomic E-state index is 0.0283. The summed E-state index contributed by atoms with van der Waals surface area (Å²) in [6, 6.07) is 11.1. The van der Waals surface area contributed by atoms with Gasteiger partial charge >= 0.3 is 0 Å². The van der Waals surface area contributed by atoms with Gasteiger partial charge in [0, 0.05) is 11.5 Å². The Morgan fingerprint density at radius 2 is 1.83 bits per heavy atom. The zero-order valence-corrected chi connectivity index (χ0v) is 13.8. The van der Waals surface area contributed by atoms with Crippen LogP contribution in [0.4, 0.5) is 10.1 Å². The molecule has 2 aromatic rings. The van der Waals surface area contributed by atoms with Gasteiger partial charge in [0.2, 0.25) is 0 Å². The molecule has 0 saturated heterocycles. The Balaban J connectivity index is 1.85. The summed E-state index contributed by atoms with van der Waals surface area (Å²) in [6.45, 7) is 0. The van der Waals surface area contributed by atoms with Crippen molar-refractivity contribution < 1.29 is 13.9 Å². The van der Waals surface area contributed by atoms with E-state index >= 15 is 0 Å². The van der Waals surface area contributed by atoms with E-state index in [4.69, 9.17) is 9.47 Å². The summed E-state index contributed by atoms with van der Waals surface area (Å²) in [5.74, 6) is 1.75. The number of halogens is 1. The lowest BCUT2D eigenvalue weighted by Crippen LogP contribution is -2.30. The minimum Gasteiger partial charge on any atom is -0.493 e. The number of rotatable bonds is 3. The first-order valence-electron chi connectivity index (χ1n) is 8.17. The van der Waals surface area contributed by atoms with E-state index in [1.165, 1.54) is 6.07 Å². The van der Waals surface area contributed by atoms with Gasteiger partial charge in [-0.15, -0.1) is 0 Å². The first-order valence-corrected chi connectivity index (χ1v) is 8.17. The molecule has 3 nitrogen and oxygen atoms in total. The maximum atomic E-state index is 14.4. The van der Waals surface area contributed by atoms with E-state index in [2.05, 4.69) is 17.5 Å². The lowest BCUT2D eigenvalue weighted by atomic mass is 9.76. The van der Waals surface area contributed by atoms with Crippen LogP contribution in [0.15, 0.2) is 48.6 Å². The standard InChI is InChI=1S/C20H20FNO2/c1-23-17-11-5-9-15(20(17)24-2)18-13-7-3-6-12(13)14-8-4-10-16(21)19(14)22-18/h3-6,8-13,18,22H,7H2,1-2H3/t12-,13+,18+/m0/s1. The second-order valence-corrected chi connectivity index (χ2v) is 6.26. The molecule has 4 heteroatoms. The topological polar surface area (TPSA) is 30.5 Å². The Hall–Kier alpha value is -2.49. The first kappa shape index (κ1) is 15.1. The zero-order valence-electron chi connectivity index (χ0n) is 13.8. The van der Waals surface area contributed by atoms with E-state index in [1.54, 1.807) is 20.3 Å². The Morgan fingerprint density at radius 1 is 1.04 bits per heavy atom. The SMILES string of the molecule is COc1cccc([C@@H]2Nc3c(F)cccc3[C@H]3C=CC[C@H]32)c1OC. The zero-order chi connectivity index (χ0) is 16.7. The highest BCUT2D eigenvalue weighted by Gasteiger charge is 2.40. The van der Waals surface area contributed by atoms with Crippen LogP contribution in [-0.4, -0.2) is 14.2 Å². The van der Waals surface area contributed by atoms with Gasteiger partial charge in [0.15, 0.2) is 11.5 Å². The van der Waals surface area contributed by atoms with Gasteiger partial charge in [-0.3, -0.25) is 0 Å². The fourth-order valence-electron chi connectivity index (χ4n) is 4.05. The van der Waals surface area contributed by atoms with Crippen LogP contribution >= 0.6 is 0 Å².